The van der Waals surface area contributed by atoms with E-state index in [1.54, 1.807) is 31.7 Å². The highest BCUT2D eigenvalue weighted by Gasteiger charge is 2.31. The quantitative estimate of drug-likeness (QED) is 0.416. The highest BCUT2D eigenvalue weighted by Crippen LogP contribution is 2.19. The fraction of sp³-hybridized carbons (Fsp3) is 0.524. The van der Waals surface area contributed by atoms with Gasteiger partial charge in [0.2, 0.25) is 12.1 Å². The minimum Gasteiger partial charge on any atom is -0.444 e. The Balaban J connectivity index is 2.13. The number of nitrogens with one attached hydrogen (secondary N) is 1. The number of benzene rings is 1. The van der Waals surface area contributed by atoms with E-state index in [2.05, 4.69) is 10.3 Å². The molecule has 0 bridgehead atoms. The molecular weight excluding hydrogens is 438 g/mol. The summed E-state index contributed by atoms with van der Waals surface area (Å²) in [6.07, 6.45) is 3.27. The van der Waals surface area contributed by atoms with Crippen LogP contribution in [-0.4, -0.2) is 71.0 Å². The Labute approximate surface area is 192 Å². The van der Waals surface area contributed by atoms with Crippen molar-refractivity contribution in [2.24, 2.45) is 4.99 Å². The summed E-state index contributed by atoms with van der Waals surface area (Å²) in [6.45, 7) is 7.32. The summed E-state index contributed by atoms with van der Waals surface area (Å²) in [7, 11) is 0. The van der Waals surface area contributed by atoms with Crippen LogP contribution >= 0.6 is 23.4 Å². The smallest absolute Gasteiger partial charge is 0.408 e. The molecule has 31 heavy (non-hydrogen) atoms. The van der Waals surface area contributed by atoms with Crippen molar-refractivity contribution in [2.45, 2.75) is 38.8 Å². The van der Waals surface area contributed by atoms with E-state index >= 15 is 0 Å². The van der Waals surface area contributed by atoms with E-state index < -0.39 is 17.7 Å². The zero-order valence-corrected chi connectivity index (χ0v) is 19.8. The predicted molar refractivity (Wildman–Crippen MR) is 123 cm³/mol. The third-order valence-electron chi connectivity index (χ3n) is 4.56. The number of amides is 2. The lowest BCUT2D eigenvalue weighted by Crippen LogP contribution is -2.56. The number of amidine groups is 1. The molecule has 1 aliphatic rings. The second-order valence-corrected chi connectivity index (χ2v) is 9.19. The largest absolute Gasteiger partial charge is 0.444 e. The maximum atomic E-state index is 13.3. The van der Waals surface area contributed by atoms with Gasteiger partial charge in [0.05, 0.1) is 0 Å². The molecule has 10 heteroatoms. The van der Waals surface area contributed by atoms with E-state index in [0.29, 0.717) is 36.4 Å². The van der Waals surface area contributed by atoms with Gasteiger partial charge >= 0.3 is 6.09 Å². The van der Waals surface area contributed by atoms with Gasteiger partial charge in [-0.15, -0.1) is 4.99 Å². The molecule has 1 N–H and O–H groups in total. The number of hydrogen-bond acceptors (Lipinski definition) is 6. The van der Waals surface area contributed by atoms with Crippen LogP contribution in [0.25, 0.3) is 0 Å². The predicted octanol–water partition coefficient (Wildman–Crippen LogP) is 3.12. The molecule has 2 rings (SSSR count). The summed E-state index contributed by atoms with van der Waals surface area (Å²) in [5.74, 6) is -0.201. The fourth-order valence-corrected chi connectivity index (χ4v) is 3.95. The molecule has 1 aromatic carbocycles. The summed E-state index contributed by atoms with van der Waals surface area (Å²) in [5.41, 5.74) is 0.0881. The fourth-order valence-electron chi connectivity index (χ4n) is 3.16. The first-order valence-electron chi connectivity index (χ1n) is 9.92. The summed E-state index contributed by atoms with van der Waals surface area (Å²) in [4.78, 5) is 33.2. The van der Waals surface area contributed by atoms with Crippen molar-refractivity contribution in [1.82, 2.24) is 15.1 Å². The number of rotatable bonds is 4. The van der Waals surface area contributed by atoms with Crippen LogP contribution < -0.4 is 5.32 Å². The molecule has 0 saturated carbocycles. The first kappa shape index (κ1) is 24.8. The highest BCUT2D eigenvalue weighted by atomic mass is 35.5. The molecule has 1 saturated heterocycles. The van der Waals surface area contributed by atoms with Gasteiger partial charge < -0.3 is 19.9 Å². The Bertz CT molecular complexity index is 857. The van der Waals surface area contributed by atoms with Gasteiger partial charge in [0, 0.05) is 37.6 Å². The zero-order chi connectivity index (χ0) is 23.0. The Kier molecular flexibility index (Phi) is 9.01. The molecule has 1 aliphatic heterocycles. The molecule has 1 heterocycles. The average Bonchev–Trinajstić information content (AvgIpc) is 2.71. The molecule has 1 aromatic rings. The lowest BCUT2D eigenvalue weighted by Gasteiger charge is -2.37. The molecule has 8 nitrogen and oxygen atoms in total. The first-order valence-corrected chi connectivity index (χ1v) is 11.5. The highest BCUT2D eigenvalue weighted by molar-refractivity contribution is 8.13. The van der Waals surface area contributed by atoms with Gasteiger partial charge in [-0.1, -0.05) is 41.6 Å². The van der Waals surface area contributed by atoms with Crippen LogP contribution in [0.2, 0.25) is 5.02 Å². The van der Waals surface area contributed by atoms with Crippen molar-refractivity contribution in [3.05, 3.63) is 34.9 Å². The second-order valence-electron chi connectivity index (χ2n) is 8.01. The third kappa shape index (κ3) is 7.64. The number of carbonyl (C=O) groups excluding carboxylic acids is 2. The average molecular weight is 466 g/mol. The summed E-state index contributed by atoms with van der Waals surface area (Å²) >= 11 is 7.68. The molecule has 168 valence electrons. The van der Waals surface area contributed by atoms with Crippen LogP contribution in [0.4, 0.5) is 4.79 Å². The second kappa shape index (κ2) is 11.3. The van der Waals surface area contributed by atoms with Gasteiger partial charge in [-0.3, -0.25) is 4.79 Å². The molecule has 1 atom stereocenters. The minimum absolute atomic E-state index is 0.201. The van der Waals surface area contributed by atoms with Gasteiger partial charge in [0.15, 0.2) is 5.17 Å². The Morgan fingerprint density at radius 3 is 2.42 bits per heavy atom. The number of piperazine rings is 1. The molecule has 0 spiro atoms. The van der Waals surface area contributed by atoms with Gasteiger partial charge in [0.25, 0.3) is 0 Å². The number of halogens is 1. The van der Waals surface area contributed by atoms with E-state index in [9.17, 15) is 9.59 Å². The van der Waals surface area contributed by atoms with Gasteiger partial charge in [-0.25, -0.2) is 4.79 Å². The Morgan fingerprint density at radius 2 is 1.87 bits per heavy atom. The molecule has 0 aromatic heterocycles. The van der Waals surface area contributed by atoms with E-state index in [0.717, 1.165) is 5.56 Å². The number of nitrogens with zero attached hydrogens (tertiary/aromatic N) is 4. The number of aliphatic imine (C=N–C) groups is 1. The molecule has 1 unspecified atom stereocenters. The Morgan fingerprint density at radius 1 is 1.26 bits per heavy atom. The van der Waals surface area contributed by atoms with E-state index in [4.69, 9.17) is 21.6 Å². The lowest BCUT2D eigenvalue weighted by molar-refractivity contribution is -0.134. The maximum absolute atomic E-state index is 13.3. The van der Waals surface area contributed by atoms with Crippen LogP contribution in [0.15, 0.2) is 29.3 Å². The number of hydrogen-bond donors (Lipinski definition) is 1. The summed E-state index contributed by atoms with van der Waals surface area (Å²) in [6, 6.07) is 6.43. The van der Waals surface area contributed by atoms with Crippen molar-refractivity contribution in [3.63, 3.8) is 0 Å². The van der Waals surface area contributed by atoms with Gasteiger partial charge in [0.1, 0.15) is 11.6 Å². The molecule has 1 fully saturated rings. The number of nitriles is 1. The number of alkyl carbamates (subject to hydrolysis) is 1. The van der Waals surface area contributed by atoms with Crippen LogP contribution in [0.5, 0.6) is 0 Å². The standard InChI is InChI=1S/C21H28ClN5O3S/c1-21(2,3)30-20(29)25-17(13-15-7-5-6-8-16(15)22)18(28)26-9-11-27(12-10-26)19(31-4)24-14-23/h5-8,17H,9-13H2,1-4H3,(H,25,29)/b24-19-. The zero-order valence-electron chi connectivity index (χ0n) is 18.2. The normalized spacial score (nSPS) is 15.8. The number of carbonyl (C=O) groups is 2. The molecule has 0 radical (unpaired) electrons. The summed E-state index contributed by atoms with van der Waals surface area (Å²) in [5, 5.41) is 12.7. The van der Waals surface area contributed by atoms with Crippen molar-refractivity contribution in [1.29, 1.82) is 5.26 Å². The number of thioether (sulfide) groups is 1. The van der Waals surface area contributed by atoms with Crippen molar-refractivity contribution < 1.29 is 14.3 Å². The van der Waals surface area contributed by atoms with E-state index in [1.165, 1.54) is 11.8 Å². The minimum atomic E-state index is -0.811. The van der Waals surface area contributed by atoms with Crippen LogP contribution in [0.1, 0.15) is 26.3 Å². The van der Waals surface area contributed by atoms with E-state index in [1.807, 2.05) is 35.5 Å². The van der Waals surface area contributed by atoms with Gasteiger partial charge in [-0.05, 0) is 38.7 Å². The summed E-state index contributed by atoms with van der Waals surface area (Å²) < 4.78 is 5.35. The van der Waals surface area contributed by atoms with Crippen LogP contribution in [-0.2, 0) is 16.0 Å². The maximum Gasteiger partial charge on any atom is 0.408 e. The Hall–Kier alpha value is -2.44. The monoisotopic (exact) mass is 465 g/mol. The van der Waals surface area contributed by atoms with E-state index in [-0.39, 0.29) is 12.3 Å². The van der Waals surface area contributed by atoms with Crippen molar-refractivity contribution in [3.8, 4) is 6.19 Å². The van der Waals surface area contributed by atoms with Crippen molar-refractivity contribution >= 4 is 40.5 Å². The van der Waals surface area contributed by atoms with Gasteiger partial charge in [-0.2, -0.15) is 5.26 Å². The molecule has 0 aliphatic carbocycles. The topological polar surface area (TPSA) is 98.0 Å². The SMILES string of the molecule is CS/C(=N\C#N)N1CCN(C(=O)C(Cc2ccccc2Cl)NC(=O)OC(C)(C)C)CC1. The number of ether oxygens (including phenoxy) is 1. The van der Waals surface area contributed by atoms with Crippen LogP contribution in [0.3, 0.4) is 0 Å². The molecular formula is C21H28ClN5O3S. The molecule has 2 amide bonds. The van der Waals surface area contributed by atoms with Crippen molar-refractivity contribution in [2.75, 3.05) is 32.4 Å². The lowest BCUT2D eigenvalue weighted by atomic mass is 10.0. The van der Waals surface area contributed by atoms with Crippen LogP contribution in [0, 0.1) is 11.5 Å². The first-order chi connectivity index (χ1) is 14.6. The third-order valence-corrected chi connectivity index (χ3v) is 5.64.